The summed E-state index contributed by atoms with van der Waals surface area (Å²) in [5.41, 5.74) is -1.20. The van der Waals surface area contributed by atoms with Crippen LogP contribution in [0.15, 0.2) is 6.20 Å². The first kappa shape index (κ1) is 12.5. The van der Waals surface area contributed by atoms with E-state index in [9.17, 15) is 17.6 Å². The number of aliphatic hydroxyl groups excluding tert-OH is 1. The average Bonchev–Trinajstić information content (AvgIpc) is 2.16. The van der Waals surface area contributed by atoms with E-state index in [1.165, 1.54) is 0 Å². The van der Waals surface area contributed by atoms with E-state index in [2.05, 4.69) is 9.72 Å². The smallest absolute Gasteiger partial charge is 0.506 e. The third kappa shape index (κ3) is 2.72. The zero-order valence-corrected chi connectivity index (χ0v) is 7.75. The number of aromatic nitrogens is 1. The van der Waals surface area contributed by atoms with Crippen molar-refractivity contribution in [1.82, 2.24) is 4.98 Å². The topological polar surface area (TPSA) is 62.6 Å². The second kappa shape index (κ2) is 4.52. The summed E-state index contributed by atoms with van der Waals surface area (Å²) >= 11 is 0. The number of alkyl halides is 4. The van der Waals surface area contributed by atoms with Gasteiger partial charge in [-0.3, -0.25) is 4.98 Å². The lowest BCUT2D eigenvalue weighted by atomic mass is 10.2. The maximum absolute atomic E-state index is 12.3. The van der Waals surface area contributed by atoms with Gasteiger partial charge in [-0.05, 0) is 0 Å². The number of halogens is 4. The van der Waals surface area contributed by atoms with Crippen LogP contribution in [0.2, 0.25) is 0 Å². The lowest BCUT2D eigenvalue weighted by Crippen LogP contribution is -2.19. The van der Waals surface area contributed by atoms with Crippen molar-refractivity contribution in [2.45, 2.75) is 19.6 Å². The number of aliphatic hydroxyl groups is 1. The van der Waals surface area contributed by atoms with Crippen molar-refractivity contribution in [2.75, 3.05) is 0 Å². The number of hydrogen-bond acceptors (Lipinski definition) is 4. The van der Waals surface area contributed by atoms with Crippen molar-refractivity contribution in [3.8, 4) is 11.5 Å². The summed E-state index contributed by atoms with van der Waals surface area (Å²) < 4.78 is 51.8. The zero-order valence-electron chi connectivity index (χ0n) is 7.75. The van der Waals surface area contributed by atoms with Crippen molar-refractivity contribution in [1.29, 1.82) is 0 Å². The fourth-order valence-corrected chi connectivity index (χ4v) is 1.05. The predicted molar refractivity (Wildman–Crippen MR) is 43.3 cm³/mol. The molecule has 0 aliphatic heterocycles. The summed E-state index contributed by atoms with van der Waals surface area (Å²) in [7, 11) is 0. The van der Waals surface area contributed by atoms with Gasteiger partial charge in [-0.2, -0.15) is 0 Å². The summed E-state index contributed by atoms with van der Waals surface area (Å²) in [6.45, 7) is -2.23. The van der Waals surface area contributed by atoms with Crippen LogP contribution in [0.3, 0.4) is 0 Å². The summed E-state index contributed by atoms with van der Waals surface area (Å²) in [5.74, 6) is -1.70. The van der Waals surface area contributed by atoms with Crippen molar-refractivity contribution in [3.05, 3.63) is 17.5 Å². The number of ether oxygens (including phenoxy) is 1. The minimum atomic E-state index is -5.05. The molecule has 4 nitrogen and oxygen atoms in total. The predicted octanol–water partition coefficient (Wildman–Crippen LogP) is 1.65. The minimum absolute atomic E-state index is 0.556. The highest BCUT2D eigenvalue weighted by Gasteiger charge is 2.34. The maximum atomic E-state index is 12.3. The van der Waals surface area contributed by atoms with E-state index in [4.69, 9.17) is 10.2 Å². The Labute approximate surface area is 87.1 Å². The van der Waals surface area contributed by atoms with Gasteiger partial charge in [0.2, 0.25) is 0 Å². The van der Waals surface area contributed by atoms with Gasteiger partial charge in [0.1, 0.15) is 18.1 Å². The summed E-state index contributed by atoms with van der Waals surface area (Å²) in [4.78, 5) is 3.23. The molecule has 0 aromatic carbocycles. The zero-order chi connectivity index (χ0) is 12.3. The minimum Gasteiger partial charge on any atom is -0.506 e. The number of rotatable bonds is 3. The maximum Gasteiger partial charge on any atom is 0.573 e. The van der Waals surface area contributed by atoms with Gasteiger partial charge >= 0.3 is 6.36 Å². The molecule has 0 amide bonds. The standard InChI is InChI=1S/C8H7F4NO3/c9-1-5-7(16-8(10,11)12)4(3-14)6(15)2-13-5/h2,14-15H,1,3H2. The molecule has 1 rings (SSSR count). The molecule has 90 valence electrons. The number of nitrogens with zero attached hydrogens (tertiary/aromatic N) is 1. The first-order valence-electron chi connectivity index (χ1n) is 4.01. The lowest BCUT2D eigenvalue weighted by molar-refractivity contribution is -0.275. The second-order valence-electron chi connectivity index (χ2n) is 2.74. The van der Waals surface area contributed by atoms with Gasteiger partial charge in [0, 0.05) is 0 Å². The molecule has 0 fully saturated rings. The second-order valence-corrected chi connectivity index (χ2v) is 2.74. The fourth-order valence-electron chi connectivity index (χ4n) is 1.05. The average molecular weight is 241 g/mol. The van der Waals surface area contributed by atoms with Crippen molar-refractivity contribution in [2.24, 2.45) is 0 Å². The molecule has 0 saturated heterocycles. The molecule has 1 aromatic rings. The van der Waals surface area contributed by atoms with E-state index in [0.29, 0.717) is 0 Å². The summed E-state index contributed by atoms with van der Waals surface area (Å²) in [6.07, 6.45) is -4.31. The number of aromatic hydroxyl groups is 1. The van der Waals surface area contributed by atoms with Gasteiger partial charge in [0.25, 0.3) is 0 Å². The van der Waals surface area contributed by atoms with E-state index in [1.54, 1.807) is 0 Å². The van der Waals surface area contributed by atoms with Crippen LogP contribution in [-0.2, 0) is 13.3 Å². The highest BCUT2D eigenvalue weighted by molar-refractivity contribution is 5.44. The molecule has 0 unspecified atom stereocenters. The third-order valence-corrected chi connectivity index (χ3v) is 1.69. The van der Waals surface area contributed by atoms with Crippen LogP contribution in [0.5, 0.6) is 11.5 Å². The molecule has 16 heavy (non-hydrogen) atoms. The van der Waals surface area contributed by atoms with Crippen LogP contribution in [0.4, 0.5) is 17.6 Å². The molecule has 0 saturated carbocycles. The first-order chi connectivity index (χ1) is 7.39. The largest absolute Gasteiger partial charge is 0.573 e. The van der Waals surface area contributed by atoms with Crippen LogP contribution in [0.1, 0.15) is 11.3 Å². The van der Waals surface area contributed by atoms with Crippen LogP contribution < -0.4 is 4.74 Å². The normalized spacial score (nSPS) is 11.6. The van der Waals surface area contributed by atoms with Crippen molar-refractivity contribution in [3.63, 3.8) is 0 Å². The summed E-state index contributed by atoms with van der Waals surface area (Å²) in [5, 5.41) is 17.9. The Balaban J connectivity index is 3.25. The quantitative estimate of drug-likeness (QED) is 0.790. The molecule has 0 radical (unpaired) electrons. The van der Waals surface area contributed by atoms with Gasteiger partial charge in [-0.15, -0.1) is 13.2 Å². The highest BCUT2D eigenvalue weighted by atomic mass is 19.4. The van der Waals surface area contributed by atoms with Gasteiger partial charge in [0.05, 0.1) is 18.4 Å². The molecule has 8 heteroatoms. The third-order valence-electron chi connectivity index (χ3n) is 1.69. The highest BCUT2D eigenvalue weighted by Crippen LogP contribution is 2.34. The van der Waals surface area contributed by atoms with Crippen molar-refractivity contribution < 1.29 is 32.5 Å². The van der Waals surface area contributed by atoms with Crippen LogP contribution >= 0.6 is 0 Å². The van der Waals surface area contributed by atoms with Crippen LogP contribution in [-0.4, -0.2) is 21.6 Å². The van der Waals surface area contributed by atoms with E-state index in [1.807, 2.05) is 0 Å². The van der Waals surface area contributed by atoms with E-state index >= 15 is 0 Å². The molecule has 0 atom stereocenters. The molecular weight excluding hydrogens is 234 g/mol. The van der Waals surface area contributed by atoms with Gasteiger partial charge in [0.15, 0.2) is 5.75 Å². The molecule has 1 aromatic heterocycles. The molecule has 0 spiro atoms. The van der Waals surface area contributed by atoms with Gasteiger partial charge < -0.3 is 14.9 Å². The Hall–Kier alpha value is -1.57. The fraction of sp³-hybridized carbons (Fsp3) is 0.375. The molecule has 2 N–H and O–H groups in total. The lowest BCUT2D eigenvalue weighted by Gasteiger charge is -2.15. The van der Waals surface area contributed by atoms with Crippen molar-refractivity contribution >= 4 is 0 Å². The molecule has 1 heterocycles. The van der Waals surface area contributed by atoms with Crippen LogP contribution in [0, 0.1) is 0 Å². The van der Waals surface area contributed by atoms with Gasteiger partial charge in [-0.25, -0.2) is 4.39 Å². The molecule has 0 aliphatic rings. The number of hydrogen-bond donors (Lipinski definition) is 2. The van der Waals surface area contributed by atoms with E-state index in [0.717, 1.165) is 6.20 Å². The Morgan fingerprint density at radius 1 is 1.38 bits per heavy atom. The van der Waals surface area contributed by atoms with Gasteiger partial charge in [-0.1, -0.05) is 0 Å². The monoisotopic (exact) mass is 241 g/mol. The first-order valence-corrected chi connectivity index (χ1v) is 4.01. The number of pyridine rings is 1. The Bertz CT molecular complexity index is 380. The Kier molecular flexibility index (Phi) is 3.53. The van der Waals surface area contributed by atoms with E-state index < -0.39 is 42.4 Å². The Morgan fingerprint density at radius 2 is 2.00 bits per heavy atom. The molecular formula is C8H7F4NO3. The molecule has 0 bridgehead atoms. The Morgan fingerprint density at radius 3 is 2.44 bits per heavy atom. The SMILES string of the molecule is OCc1c(O)cnc(CF)c1OC(F)(F)F. The van der Waals surface area contributed by atoms with Crippen LogP contribution in [0.25, 0.3) is 0 Å². The summed E-state index contributed by atoms with van der Waals surface area (Å²) in [6, 6.07) is 0. The van der Waals surface area contributed by atoms with E-state index in [-0.39, 0.29) is 0 Å². The molecule has 0 aliphatic carbocycles.